The number of rotatable bonds is 9. The molecule has 1 rings (SSSR count). The van der Waals surface area contributed by atoms with Gasteiger partial charge in [0.2, 0.25) is 0 Å². The zero-order chi connectivity index (χ0) is 15.8. The van der Waals surface area contributed by atoms with Gasteiger partial charge < -0.3 is 0 Å². The molecule has 0 aliphatic carbocycles. The lowest BCUT2D eigenvalue weighted by molar-refractivity contribution is 0.122. The van der Waals surface area contributed by atoms with Crippen LogP contribution in [-0.4, -0.2) is 0 Å². The third-order valence-electron chi connectivity index (χ3n) is 3.53. The molecule has 0 unspecified atom stereocenters. The van der Waals surface area contributed by atoms with Crippen LogP contribution in [0.3, 0.4) is 0 Å². The molecule has 0 aliphatic rings. The lowest BCUT2D eigenvalue weighted by atomic mass is 9.91. The van der Waals surface area contributed by atoms with Crippen LogP contribution in [0.25, 0.3) is 0 Å². The van der Waals surface area contributed by atoms with Crippen LogP contribution in [-0.2, 0) is 12.8 Å². The van der Waals surface area contributed by atoms with Gasteiger partial charge in [-0.3, -0.25) is 0 Å². The summed E-state index contributed by atoms with van der Waals surface area (Å²) in [7, 11) is 0. The SMILES string of the molecule is C=CCCCCc1ccc(CCC)c(C(F)F)c1C(F)F. The molecule has 0 aliphatic heterocycles. The van der Waals surface area contributed by atoms with Gasteiger partial charge in [-0.15, -0.1) is 6.58 Å². The monoisotopic (exact) mass is 302 g/mol. The van der Waals surface area contributed by atoms with Crippen molar-refractivity contribution in [1.82, 2.24) is 0 Å². The summed E-state index contributed by atoms with van der Waals surface area (Å²) in [5.74, 6) is 0. The van der Waals surface area contributed by atoms with E-state index in [4.69, 9.17) is 0 Å². The average molecular weight is 302 g/mol. The Kier molecular flexibility index (Phi) is 7.48. The Morgan fingerprint density at radius 2 is 1.48 bits per heavy atom. The maximum Gasteiger partial charge on any atom is 0.264 e. The number of hydrogen-bond donors (Lipinski definition) is 0. The lowest BCUT2D eigenvalue weighted by Crippen LogP contribution is -2.06. The van der Waals surface area contributed by atoms with Crippen molar-refractivity contribution in [3.63, 3.8) is 0 Å². The second-order valence-corrected chi connectivity index (χ2v) is 5.10. The number of benzene rings is 1. The fraction of sp³-hybridized carbons (Fsp3) is 0.529. The Balaban J connectivity index is 3.13. The van der Waals surface area contributed by atoms with Crippen LogP contribution in [0.2, 0.25) is 0 Å². The van der Waals surface area contributed by atoms with Crippen molar-refractivity contribution in [3.05, 3.63) is 47.0 Å². The van der Waals surface area contributed by atoms with Gasteiger partial charge in [0.25, 0.3) is 12.9 Å². The van der Waals surface area contributed by atoms with Gasteiger partial charge in [-0.05, 0) is 43.2 Å². The minimum Gasteiger partial charge on any atom is -0.205 e. The van der Waals surface area contributed by atoms with Crippen molar-refractivity contribution in [2.45, 2.75) is 58.3 Å². The molecule has 118 valence electrons. The first-order valence-electron chi connectivity index (χ1n) is 7.34. The predicted molar refractivity (Wildman–Crippen MR) is 78.1 cm³/mol. The molecule has 0 aromatic heterocycles. The molecule has 1 aromatic carbocycles. The molecule has 21 heavy (non-hydrogen) atoms. The predicted octanol–water partition coefficient (Wildman–Crippen LogP) is 6.41. The van der Waals surface area contributed by atoms with E-state index in [1.54, 1.807) is 18.2 Å². The molecule has 4 heteroatoms. The standard InChI is InChI=1S/C17H22F4/c1-3-5-6-7-9-13-11-10-12(8-4-2)14(16(18)19)15(13)17(20)21/h3,10-11,16-17H,1,4-9H2,2H3. The van der Waals surface area contributed by atoms with E-state index in [2.05, 4.69) is 6.58 Å². The van der Waals surface area contributed by atoms with Crippen LogP contribution in [0.5, 0.6) is 0 Å². The summed E-state index contributed by atoms with van der Waals surface area (Å²) in [5.41, 5.74) is -0.204. The molecule has 0 atom stereocenters. The van der Waals surface area contributed by atoms with Crippen LogP contribution >= 0.6 is 0 Å². The van der Waals surface area contributed by atoms with Gasteiger partial charge in [0.1, 0.15) is 0 Å². The van der Waals surface area contributed by atoms with Gasteiger partial charge in [0.15, 0.2) is 0 Å². The van der Waals surface area contributed by atoms with Gasteiger partial charge in [0, 0.05) is 11.1 Å². The largest absolute Gasteiger partial charge is 0.264 e. The molecule has 1 aromatic rings. The van der Waals surface area contributed by atoms with Crippen LogP contribution < -0.4 is 0 Å². The minimum absolute atomic E-state index is 0.345. The second kappa shape index (κ2) is 8.85. The van der Waals surface area contributed by atoms with Crippen molar-refractivity contribution in [1.29, 1.82) is 0 Å². The highest BCUT2D eigenvalue weighted by Gasteiger charge is 2.25. The first-order valence-corrected chi connectivity index (χ1v) is 7.34. The van der Waals surface area contributed by atoms with E-state index >= 15 is 0 Å². The molecule has 0 bridgehead atoms. The molecule has 0 spiro atoms. The normalized spacial score (nSPS) is 11.4. The molecule has 0 saturated heterocycles. The van der Waals surface area contributed by atoms with Crippen molar-refractivity contribution >= 4 is 0 Å². The molecule has 0 amide bonds. The minimum atomic E-state index is -2.86. The van der Waals surface area contributed by atoms with Crippen molar-refractivity contribution < 1.29 is 17.6 Å². The smallest absolute Gasteiger partial charge is 0.205 e. The highest BCUT2D eigenvalue weighted by Crippen LogP contribution is 2.36. The van der Waals surface area contributed by atoms with Crippen LogP contribution in [0.1, 0.15) is 67.7 Å². The number of unbranched alkanes of at least 4 members (excludes halogenated alkanes) is 2. The van der Waals surface area contributed by atoms with E-state index in [1.807, 2.05) is 6.92 Å². The second-order valence-electron chi connectivity index (χ2n) is 5.10. The summed E-state index contributed by atoms with van der Waals surface area (Å²) in [6.07, 6.45) is -0.169. The summed E-state index contributed by atoms with van der Waals surface area (Å²) >= 11 is 0. The maximum absolute atomic E-state index is 13.3. The summed E-state index contributed by atoms with van der Waals surface area (Å²) in [4.78, 5) is 0. The maximum atomic E-state index is 13.3. The number of halogens is 4. The number of aryl methyl sites for hydroxylation is 2. The Morgan fingerprint density at radius 1 is 0.952 bits per heavy atom. The topological polar surface area (TPSA) is 0 Å². The van der Waals surface area contributed by atoms with Crippen LogP contribution in [0.4, 0.5) is 17.6 Å². The zero-order valence-electron chi connectivity index (χ0n) is 12.3. The third kappa shape index (κ3) is 4.87. The van der Waals surface area contributed by atoms with Crippen LogP contribution in [0.15, 0.2) is 24.8 Å². The fourth-order valence-corrected chi connectivity index (χ4v) is 2.55. The summed E-state index contributed by atoms with van der Waals surface area (Å²) in [6.45, 7) is 5.45. The zero-order valence-corrected chi connectivity index (χ0v) is 12.3. The molecule has 0 heterocycles. The van der Waals surface area contributed by atoms with Gasteiger partial charge in [-0.1, -0.05) is 31.6 Å². The molecule has 0 fully saturated rings. The fourth-order valence-electron chi connectivity index (χ4n) is 2.55. The Hall–Kier alpha value is -1.32. The summed E-state index contributed by atoms with van der Waals surface area (Å²) in [5, 5.41) is 0. The Labute approximate surface area is 123 Å². The average Bonchev–Trinajstić information content (AvgIpc) is 2.43. The number of alkyl halides is 4. The van der Waals surface area contributed by atoms with Gasteiger partial charge in [0.05, 0.1) is 0 Å². The van der Waals surface area contributed by atoms with Crippen molar-refractivity contribution in [2.75, 3.05) is 0 Å². The highest BCUT2D eigenvalue weighted by atomic mass is 19.3. The van der Waals surface area contributed by atoms with E-state index in [-0.39, 0.29) is 0 Å². The number of allylic oxidation sites excluding steroid dienone is 1. The highest BCUT2D eigenvalue weighted by molar-refractivity contribution is 5.43. The third-order valence-corrected chi connectivity index (χ3v) is 3.53. The van der Waals surface area contributed by atoms with Gasteiger partial charge in [-0.2, -0.15) is 0 Å². The van der Waals surface area contributed by atoms with E-state index in [1.165, 1.54) is 0 Å². The summed E-state index contributed by atoms with van der Waals surface area (Å²) in [6, 6.07) is 3.17. The van der Waals surface area contributed by atoms with Gasteiger partial charge in [-0.25, -0.2) is 17.6 Å². The van der Waals surface area contributed by atoms with E-state index in [0.717, 1.165) is 12.8 Å². The van der Waals surface area contributed by atoms with Gasteiger partial charge >= 0.3 is 0 Å². The van der Waals surface area contributed by atoms with Crippen molar-refractivity contribution in [2.24, 2.45) is 0 Å². The van der Waals surface area contributed by atoms with E-state index in [9.17, 15) is 17.6 Å². The molecule has 0 nitrogen and oxygen atoms in total. The first kappa shape index (κ1) is 17.7. The molecular weight excluding hydrogens is 280 g/mol. The summed E-state index contributed by atoms with van der Waals surface area (Å²) < 4.78 is 53.1. The first-order chi connectivity index (χ1) is 10.0. The van der Waals surface area contributed by atoms with E-state index in [0.29, 0.717) is 36.8 Å². The molecule has 0 saturated carbocycles. The Bertz CT molecular complexity index is 452. The number of hydrogen-bond acceptors (Lipinski definition) is 0. The quantitative estimate of drug-likeness (QED) is 0.281. The van der Waals surface area contributed by atoms with Crippen LogP contribution in [0, 0.1) is 0 Å². The Morgan fingerprint density at radius 3 is 1.90 bits per heavy atom. The van der Waals surface area contributed by atoms with Crippen molar-refractivity contribution in [3.8, 4) is 0 Å². The molecule has 0 radical (unpaired) electrons. The molecular formula is C17H22F4. The lowest BCUT2D eigenvalue weighted by Gasteiger charge is -2.18. The molecule has 0 N–H and O–H groups in total. The van der Waals surface area contributed by atoms with E-state index < -0.39 is 24.0 Å².